The topological polar surface area (TPSA) is 55.1 Å². The van der Waals surface area contributed by atoms with Gasteiger partial charge in [0, 0.05) is 19.0 Å². The molecule has 0 spiro atoms. The van der Waals surface area contributed by atoms with Crippen LogP contribution in [0.1, 0.15) is 18.9 Å². The third-order valence-electron chi connectivity index (χ3n) is 1.50. The molecular weight excluding hydrogens is 156 g/mol. The van der Waals surface area contributed by atoms with Crippen molar-refractivity contribution < 1.29 is 9.32 Å². The van der Waals surface area contributed by atoms with Gasteiger partial charge in [0.25, 0.3) is 0 Å². The summed E-state index contributed by atoms with van der Waals surface area (Å²) in [6.07, 6.45) is 5.12. The summed E-state index contributed by atoms with van der Waals surface area (Å²) in [4.78, 5) is 10.5. The zero-order valence-corrected chi connectivity index (χ0v) is 7.04. The SMILES string of the molecule is CC(=O)NCCCc1cnoc1. The van der Waals surface area contributed by atoms with Crippen LogP contribution in [0, 0.1) is 0 Å². The lowest BCUT2D eigenvalue weighted by Gasteiger charge is -1.98. The van der Waals surface area contributed by atoms with Crippen LogP contribution in [-0.4, -0.2) is 17.6 Å². The van der Waals surface area contributed by atoms with Gasteiger partial charge in [-0.3, -0.25) is 4.79 Å². The summed E-state index contributed by atoms with van der Waals surface area (Å²) in [6.45, 7) is 2.22. The minimum absolute atomic E-state index is 0.0142. The maximum atomic E-state index is 10.5. The first-order chi connectivity index (χ1) is 5.79. The number of nitrogens with zero attached hydrogens (tertiary/aromatic N) is 1. The van der Waals surface area contributed by atoms with Crippen molar-refractivity contribution >= 4 is 5.91 Å². The van der Waals surface area contributed by atoms with Gasteiger partial charge in [-0.25, -0.2) is 0 Å². The largest absolute Gasteiger partial charge is 0.364 e. The number of carbonyl (C=O) groups is 1. The molecule has 1 aromatic heterocycles. The summed E-state index contributed by atoms with van der Waals surface area (Å²) in [6, 6.07) is 0. The van der Waals surface area contributed by atoms with E-state index < -0.39 is 0 Å². The normalized spacial score (nSPS) is 9.75. The van der Waals surface area contributed by atoms with Crippen LogP contribution in [0.3, 0.4) is 0 Å². The fourth-order valence-electron chi connectivity index (χ4n) is 0.907. The first-order valence-electron chi connectivity index (χ1n) is 3.92. The molecular formula is C8H12N2O2. The van der Waals surface area contributed by atoms with Crippen molar-refractivity contribution in [3.63, 3.8) is 0 Å². The highest BCUT2D eigenvalue weighted by atomic mass is 16.5. The number of hydrogen-bond donors (Lipinski definition) is 1. The molecule has 0 aliphatic carbocycles. The lowest BCUT2D eigenvalue weighted by molar-refractivity contribution is -0.118. The van der Waals surface area contributed by atoms with E-state index in [4.69, 9.17) is 0 Å². The number of amides is 1. The molecule has 4 nitrogen and oxygen atoms in total. The molecule has 4 heteroatoms. The molecule has 12 heavy (non-hydrogen) atoms. The average Bonchev–Trinajstić information content (AvgIpc) is 2.49. The first-order valence-corrected chi connectivity index (χ1v) is 3.92. The van der Waals surface area contributed by atoms with Gasteiger partial charge in [-0.2, -0.15) is 0 Å². The van der Waals surface area contributed by atoms with Crippen LogP contribution in [0.25, 0.3) is 0 Å². The number of nitrogens with one attached hydrogen (secondary N) is 1. The van der Waals surface area contributed by atoms with Crippen molar-refractivity contribution in [1.29, 1.82) is 0 Å². The van der Waals surface area contributed by atoms with Gasteiger partial charge in [0.1, 0.15) is 6.26 Å². The molecule has 1 rings (SSSR count). The van der Waals surface area contributed by atoms with E-state index in [-0.39, 0.29) is 5.91 Å². The van der Waals surface area contributed by atoms with Crippen molar-refractivity contribution in [3.8, 4) is 0 Å². The van der Waals surface area contributed by atoms with Crippen molar-refractivity contribution in [2.75, 3.05) is 6.54 Å². The van der Waals surface area contributed by atoms with E-state index in [1.165, 1.54) is 6.92 Å². The Morgan fingerprint density at radius 1 is 1.75 bits per heavy atom. The van der Waals surface area contributed by atoms with Gasteiger partial charge in [-0.1, -0.05) is 5.16 Å². The summed E-state index contributed by atoms with van der Waals surface area (Å²) in [5, 5.41) is 6.29. The van der Waals surface area contributed by atoms with Crippen LogP contribution in [0.4, 0.5) is 0 Å². The molecule has 1 N–H and O–H groups in total. The van der Waals surface area contributed by atoms with Crippen LogP contribution in [0.15, 0.2) is 17.0 Å². The first kappa shape index (κ1) is 8.77. The number of hydrogen-bond acceptors (Lipinski definition) is 3. The third-order valence-corrected chi connectivity index (χ3v) is 1.50. The molecule has 0 aliphatic heterocycles. The van der Waals surface area contributed by atoms with E-state index in [0.29, 0.717) is 6.54 Å². The maximum Gasteiger partial charge on any atom is 0.216 e. The second kappa shape index (κ2) is 4.54. The van der Waals surface area contributed by atoms with Crippen LogP contribution in [0.2, 0.25) is 0 Å². The summed E-state index contributed by atoms with van der Waals surface area (Å²) < 4.78 is 4.66. The zero-order valence-electron chi connectivity index (χ0n) is 7.04. The maximum absolute atomic E-state index is 10.5. The highest BCUT2D eigenvalue weighted by Gasteiger charge is 1.95. The van der Waals surface area contributed by atoms with Crippen molar-refractivity contribution in [3.05, 3.63) is 18.0 Å². The van der Waals surface area contributed by atoms with Crippen LogP contribution < -0.4 is 5.32 Å². The molecule has 0 saturated carbocycles. The molecule has 0 bridgehead atoms. The van der Waals surface area contributed by atoms with Crippen LogP contribution >= 0.6 is 0 Å². The van der Waals surface area contributed by atoms with Gasteiger partial charge in [0.15, 0.2) is 0 Å². The number of carbonyl (C=O) groups excluding carboxylic acids is 1. The molecule has 66 valence electrons. The molecule has 0 fully saturated rings. The molecule has 0 aromatic carbocycles. The number of rotatable bonds is 4. The van der Waals surface area contributed by atoms with E-state index in [0.717, 1.165) is 18.4 Å². The van der Waals surface area contributed by atoms with E-state index in [1.807, 2.05) is 0 Å². The predicted octanol–water partition coefficient (Wildman–Crippen LogP) is 0.743. The van der Waals surface area contributed by atoms with Gasteiger partial charge in [-0.05, 0) is 12.8 Å². The Kier molecular flexibility index (Phi) is 3.32. The Hall–Kier alpha value is -1.32. The van der Waals surface area contributed by atoms with Crippen molar-refractivity contribution in [1.82, 2.24) is 10.5 Å². The Bertz CT molecular complexity index is 231. The molecule has 1 amide bonds. The van der Waals surface area contributed by atoms with E-state index in [1.54, 1.807) is 12.5 Å². The second-order valence-electron chi connectivity index (χ2n) is 2.62. The summed E-state index contributed by atoms with van der Waals surface area (Å²) in [5.74, 6) is 0.0142. The quantitative estimate of drug-likeness (QED) is 0.675. The van der Waals surface area contributed by atoms with E-state index >= 15 is 0 Å². The average molecular weight is 168 g/mol. The smallest absolute Gasteiger partial charge is 0.216 e. The summed E-state index contributed by atoms with van der Waals surface area (Å²) >= 11 is 0. The van der Waals surface area contributed by atoms with E-state index in [9.17, 15) is 4.79 Å². The third kappa shape index (κ3) is 3.18. The van der Waals surface area contributed by atoms with Gasteiger partial charge in [0.2, 0.25) is 5.91 Å². The van der Waals surface area contributed by atoms with Crippen LogP contribution in [-0.2, 0) is 11.2 Å². The lowest BCUT2D eigenvalue weighted by Crippen LogP contribution is -2.21. The standard InChI is InChI=1S/C8H12N2O2/c1-7(11)9-4-2-3-8-5-10-12-6-8/h5-6H,2-4H2,1H3,(H,9,11). The van der Waals surface area contributed by atoms with E-state index in [2.05, 4.69) is 15.0 Å². The van der Waals surface area contributed by atoms with Crippen LogP contribution in [0.5, 0.6) is 0 Å². The monoisotopic (exact) mass is 168 g/mol. The van der Waals surface area contributed by atoms with Crippen molar-refractivity contribution in [2.24, 2.45) is 0 Å². The fraction of sp³-hybridized carbons (Fsp3) is 0.500. The number of aromatic nitrogens is 1. The van der Waals surface area contributed by atoms with Gasteiger partial charge >= 0.3 is 0 Å². The molecule has 0 aliphatic rings. The Morgan fingerprint density at radius 3 is 3.17 bits per heavy atom. The van der Waals surface area contributed by atoms with Gasteiger partial charge < -0.3 is 9.84 Å². The highest BCUT2D eigenvalue weighted by Crippen LogP contribution is 1.99. The minimum atomic E-state index is 0.0142. The number of aryl methyl sites for hydroxylation is 1. The van der Waals surface area contributed by atoms with Gasteiger partial charge in [-0.15, -0.1) is 0 Å². The summed E-state index contributed by atoms with van der Waals surface area (Å²) in [5.41, 5.74) is 1.07. The molecule has 0 radical (unpaired) electrons. The molecule has 1 heterocycles. The molecule has 0 saturated heterocycles. The lowest BCUT2D eigenvalue weighted by atomic mass is 10.2. The molecule has 0 atom stereocenters. The Morgan fingerprint density at radius 2 is 2.58 bits per heavy atom. The fourth-order valence-corrected chi connectivity index (χ4v) is 0.907. The zero-order chi connectivity index (χ0) is 8.81. The Balaban J connectivity index is 2.07. The summed E-state index contributed by atoms with van der Waals surface area (Å²) in [7, 11) is 0. The second-order valence-corrected chi connectivity index (χ2v) is 2.62. The highest BCUT2D eigenvalue weighted by molar-refractivity contribution is 5.72. The van der Waals surface area contributed by atoms with Gasteiger partial charge in [0.05, 0.1) is 6.20 Å². The molecule has 1 aromatic rings. The predicted molar refractivity (Wildman–Crippen MR) is 43.5 cm³/mol. The molecule has 0 unspecified atom stereocenters. The van der Waals surface area contributed by atoms with Crippen molar-refractivity contribution in [2.45, 2.75) is 19.8 Å². The Labute approximate surface area is 70.9 Å². The minimum Gasteiger partial charge on any atom is -0.364 e.